The van der Waals surface area contributed by atoms with Crippen LogP contribution in [-0.4, -0.2) is 41.0 Å². The summed E-state index contributed by atoms with van der Waals surface area (Å²) in [7, 11) is 0. The van der Waals surface area contributed by atoms with Crippen LogP contribution in [0.15, 0.2) is 48.5 Å². The van der Waals surface area contributed by atoms with E-state index in [1.165, 1.54) is 0 Å². The summed E-state index contributed by atoms with van der Waals surface area (Å²) in [5.41, 5.74) is 2.77. The quantitative estimate of drug-likeness (QED) is 0.637. The predicted molar refractivity (Wildman–Crippen MR) is 104 cm³/mol. The summed E-state index contributed by atoms with van der Waals surface area (Å²) in [5, 5.41) is 12.2. The Morgan fingerprint density at radius 3 is 2.36 bits per heavy atom. The summed E-state index contributed by atoms with van der Waals surface area (Å²) in [6.07, 6.45) is -1.10. The minimum atomic E-state index is -0.669. The second-order valence-electron chi connectivity index (χ2n) is 7.08. The fourth-order valence-corrected chi connectivity index (χ4v) is 3.69. The molecule has 4 unspecified atom stereocenters. The smallest absolute Gasteiger partial charge is 0.326 e. The van der Waals surface area contributed by atoms with Gasteiger partial charge in [0.15, 0.2) is 0 Å². The van der Waals surface area contributed by atoms with Gasteiger partial charge in [-0.15, -0.1) is 0 Å². The van der Waals surface area contributed by atoms with Gasteiger partial charge in [-0.3, -0.25) is 9.63 Å². The molecule has 1 N–H and O–H groups in total. The summed E-state index contributed by atoms with van der Waals surface area (Å²) >= 11 is 5.88. The molecule has 0 amide bonds. The molecule has 0 saturated carbocycles. The molecule has 2 aliphatic rings. The molecular weight excluding hydrogens is 378 g/mol. The zero-order valence-corrected chi connectivity index (χ0v) is 16.1. The maximum absolute atomic E-state index is 12.1. The van der Waals surface area contributed by atoms with E-state index >= 15 is 0 Å². The van der Waals surface area contributed by atoms with E-state index in [0.29, 0.717) is 11.6 Å². The first-order valence-electron chi connectivity index (χ1n) is 9.16. The van der Waals surface area contributed by atoms with Gasteiger partial charge in [0.05, 0.1) is 25.2 Å². The molecule has 2 aliphatic heterocycles. The number of benzene rings is 2. The van der Waals surface area contributed by atoms with Crippen molar-refractivity contribution in [3.63, 3.8) is 0 Å². The molecule has 144 valence electrons. The van der Waals surface area contributed by atoms with Crippen molar-refractivity contribution in [2.75, 3.05) is 6.61 Å². The fourth-order valence-electron chi connectivity index (χ4n) is 3.57. The average molecular weight is 398 g/mol. The summed E-state index contributed by atoms with van der Waals surface area (Å²) in [6, 6.07) is 14.7. The number of carbonyl (C=O) groups is 1. The van der Waals surface area contributed by atoms with Crippen LogP contribution in [0.25, 0.3) is 0 Å². The number of hydroxylamine groups is 2. The highest BCUT2D eigenvalue weighted by atomic mass is 35.5. The molecule has 4 atom stereocenters. The lowest BCUT2D eigenvalue weighted by Crippen LogP contribution is -2.35. The number of fused-ring (bicyclic) bond motifs is 1. The van der Waals surface area contributed by atoms with Crippen molar-refractivity contribution < 1.29 is 19.5 Å². The van der Waals surface area contributed by atoms with Crippen LogP contribution >= 0.6 is 11.6 Å². The van der Waals surface area contributed by atoms with Crippen molar-refractivity contribution in [1.29, 1.82) is 0 Å². The van der Waals surface area contributed by atoms with Crippen LogP contribution in [0.3, 0.4) is 0 Å². The SMILES string of the molecule is CC(O)C1ON(Cc2ccc(C#Cc3ccc(Cl)cc3)cc2)C2C(=O)OCC12. The number of esters is 1. The van der Waals surface area contributed by atoms with Crippen molar-refractivity contribution in [3.05, 3.63) is 70.2 Å². The molecule has 5 nitrogen and oxygen atoms in total. The monoisotopic (exact) mass is 397 g/mol. The molecule has 0 aromatic heterocycles. The van der Waals surface area contributed by atoms with Gasteiger partial charge in [-0.25, -0.2) is 0 Å². The van der Waals surface area contributed by atoms with Crippen molar-refractivity contribution in [2.24, 2.45) is 5.92 Å². The zero-order chi connectivity index (χ0) is 19.7. The van der Waals surface area contributed by atoms with Gasteiger partial charge in [0, 0.05) is 16.1 Å². The number of halogens is 1. The molecule has 2 aromatic rings. The van der Waals surface area contributed by atoms with Crippen molar-refractivity contribution in [2.45, 2.75) is 31.7 Å². The fraction of sp³-hybridized carbons (Fsp3) is 0.318. The number of ether oxygens (including phenoxy) is 1. The molecule has 2 aromatic carbocycles. The van der Waals surface area contributed by atoms with E-state index in [4.69, 9.17) is 21.2 Å². The van der Waals surface area contributed by atoms with Crippen LogP contribution in [0.2, 0.25) is 5.02 Å². The number of cyclic esters (lactones) is 1. The first-order chi connectivity index (χ1) is 13.5. The lowest BCUT2D eigenvalue weighted by atomic mass is 9.95. The Labute approximate surface area is 168 Å². The molecule has 0 spiro atoms. The molecule has 6 heteroatoms. The van der Waals surface area contributed by atoms with Crippen LogP contribution in [0.4, 0.5) is 0 Å². The predicted octanol–water partition coefficient (Wildman–Crippen LogP) is 2.78. The molecule has 0 radical (unpaired) electrons. The normalized spacial score (nSPS) is 25.0. The number of aliphatic hydroxyl groups is 1. The molecule has 2 fully saturated rings. The number of hydrogen-bond acceptors (Lipinski definition) is 5. The van der Waals surface area contributed by atoms with Gasteiger partial charge in [-0.05, 0) is 48.9 Å². The first-order valence-corrected chi connectivity index (χ1v) is 9.54. The zero-order valence-electron chi connectivity index (χ0n) is 15.3. The van der Waals surface area contributed by atoms with Gasteiger partial charge in [-0.1, -0.05) is 35.6 Å². The lowest BCUT2D eigenvalue weighted by Gasteiger charge is -2.21. The standard InChI is InChI=1S/C22H20ClNO4/c1-14(25)21-19-13-27-22(26)20(19)24(28-21)12-17-6-4-15(5-7-17)2-3-16-8-10-18(23)11-9-16/h4-11,14,19-21,25H,12-13H2,1H3. The van der Waals surface area contributed by atoms with Gasteiger partial charge in [0.25, 0.3) is 0 Å². The van der Waals surface area contributed by atoms with E-state index in [2.05, 4.69) is 11.8 Å². The largest absolute Gasteiger partial charge is 0.464 e. The topological polar surface area (TPSA) is 59.0 Å². The van der Waals surface area contributed by atoms with E-state index in [0.717, 1.165) is 16.7 Å². The maximum atomic E-state index is 12.1. The molecule has 0 aliphatic carbocycles. The average Bonchev–Trinajstić information content (AvgIpc) is 3.24. The minimum Gasteiger partial charge on any atom is -0.464 e. The Balaban J connectivity index is 1.45. The van der Waals surface area contributed by atoms with Crippen molar-refractivity contribution >= 4 is 17.6 Å². The minimum absolute atomic E-state index is 0.142. The molecule has 0 bridgehead atoms. The van der Waals surface area contributed by atoms with E-state index < -0.39 is 18.2 Å². The van der Waals surface area contributed by atoms with Crippen LogP contribution in [-0.2, 0) is 20.9 Å². The second kappa shape index (κ2) is 7.94. The summed E-state index contributed by atoms with van der Waals surface area (Å²) in [4.78, 5) is 17.9. The maximum Gasteiger partial charge on any atom is 0.326 e. The Morgan fingerprint density at radius 1 is 1.14 bits per heavy atom. The Morgan fingerprint density at radius 2 is 1.75 bits per heavy atom. The number of aliphatic hydroxyl groups excluding tert-OH is 1. The van der Waals surface area contributed by atoms with Crippen LogP contribution in [0.1, 0.15) is 23.6 Å². The van der Waals surface area contributed by atoms with Gasteiger partial charge < -0.3 is 9.84 Å². The van der Waals surface area contributed by atoms with Gasteiger partial charge >= 0.3 is 5.97 Å². The number of nitrogens with zero attached hydrogens (tertiary/aromatic N) is 1. The Kier molecular flexibility index (Phi) is 5.38. The highest BCUT2D eigenvalue weighted by molar-refractivity contribution is 6.30. The third-order valence-corrected chi connectivity index (χ3v) is 5.27. The van der Waals surface area contributed by atoms with Crippen LogP contribution < -0.4 is 0 Å². The number of rotatable bonds is 3. The second-order valence-corrected chi connectivity index (χ2v) is 7.51. The Hall–Kier alpha value is -2.36. The van der Waals surface area contributed by atoms with Crippen molar-refractivity contribution in [3.8, 4) is 11.8 Å². The molecular formula is C22H20ClNO4. The molecule has 2 heterocycles. The summed E-state index contributed by atoms with van der Waals surface area (Å²) in [5.74, 6) is 5.79. The highest BCUT2D eigenvalue weighted by Gasteiger charge is 2.54. The summed E-state index contributed by atoms with van der Waals surface area (Å²) in [6.45, 7) is 2.39. The number of carbonyl (C=O) groups excluding carboxylic acids is 1. The van der Waals surface area contributed by atoms with E-state index in [1.54, 1.807) is 12.0 Å². The van der Waals surface area contributed by atoms with Crippen LogP contribution in [0.5, 0.6) is 0 Å². The summed E-state index contributed by atoms with van der Waals surface area (Å²) < 4.78 is 5.17. The Bertz CT molecular complexity index is 914. The van der Waals surface area contributed by atoms with Crippen LogP contribution in [0, 0.1) is 17.8 Å². The van der Waals surface area contributed by atoms with E-state index in [-0.39, 0.29) is 18.5 Å². The third-order valence-electron chi connectivity index (χ3n) is 5.02. The highest BCUT2D eigenvalue weighted by Crippen LogP contribution is 2.36. The lowest BCUT2D eigenvalue weighted by molar-refractivity contribution is -0.202. The first kappa shape index (κ1) is 19.0. The van der Waals surface area contributed by atoms with Gasteiger partial charge in [0.1, 0.15) is 12.1 Å². The van der Waals surface area contributed by atoms with Gasteiger partial charge in [-0.2, -0.15) is 5.06 Å². The van der Waals surface area contributed by atoms with Crippen molar-refractivity contribution in [1.82, 2.24) is 5.06 Å². The van der Waals surface area contributed by atoms with E-state index in [9.17, 15) is 9.90 Å². The molecule has 4 rings (SSSR count). The number of hydrogen-bond donors (Lipinski definition) is 1. The third kappa shape index (κ3) is 3.91. The van der Waals surface area contributed by atoms with Gasteiger partial charge in [0.2, 0.25) is 0 Å². The molecule has 2 saturated heterocycles. The molecule has 28 heavy (non-hydrogen) atoms. The van der Waals surface area contributed by atoms with E-state index in [1.807, 2.05) is 48.5 Å².